The largest absolute Gasteiger partial charge is 0.497 e. The standard InChI is InChI=1S/C23H24N2O4/c1-15-20-14-19(28-3)8-9-21(20)29-22(15)23(27)25-12-10-24(11-13-25)18-6-4-17(5-7-18)16(2)26/h4-9,14H,10-13H2,1-3H3. The molecule has 0 spiro atoms. The number of aryl methyl sites for hydroxylation is 1. The number of Topliss-reactive ketones (excluding diaryl/α,β-unsaturated/α-hetero) is 1. The second kappa shape index (κ2) is 7.62. The zero-order valence-electron chi connectivity index (χ0n) is 16.9. The number of benzene rings is 2. The Morgan fingerprint density at radius 3 is 2.31 bits per heavy atom. The zero-order valence-corrected chi connectivity index (χ0v) is 16.9. The summed E-state index contributed by atoms with van der Waals surface area (Å²) in [5, 5.41) is 0.900. The number of ketones is 1. The van der Waals surface area contributed by atoms with E-state index in [0.29, 0.717) is 30.0 Å². The van der Waals surface area contributed by atoms with Gasteiger partial charge < -0.3 is 19.0 Å². The van der Waals surface area contributed by atoms with Gasteiger partial charge in [-0.2, -0.15) is 0 Å². The number of hydrogen-bond donors (Lipinski definition) is 0. The second-order valence-corrected chi connectivity index (χ2v) is 7.30. The van der Waals surface area contributed by atoms with Crippen molar-refractivity contribution in [2.24, 2.45) is 0 Å². The number of amides is 1. The van der Waals surface area contributed by atoms with Gasteiger partial charge in [-0.1, -0.05) is 0 Å². The highest BCUT2D eigenvalue weighted by atomic mass is 16.5. The Labute approximate surface area is 169 Å². The number of rotatable bonds is 4. The number of piperazine rings is 1. The lowest BCUT2D eigenvalue weighted by molar-refractivity contribution is 0.0716. The van der Waals surface area contributed by atoms with Gasteiger partial charge in [0.2, 0.25) is 0 Å². The minimum Gasteiger partial charge on any atom is -0.497 e. The van der Waals surface area contributed by atoms with Crippen LogP contribution in [0.15, 0.2) is 46.9 Å². The Bertz CT molecular complexity index is 1060. The molecule has 150 valence electrons. The summed E-state index contributed by atoms with van der Waals surface area (Å²) in [6.45, 7) is 6.18. The van der Waals surface area contributed by atoms with Crippen molar-refractivity contribution in [3.8, 4) is 5.75 Å². The van der Waals surface area contributed by atoms with Gasteiger partial charge in [0, 0.05) is 48.4 Å². The first kappa shape index (κ1) is 19.1. The van der Waals surface area contributed by atoms with E-state index in [4.69, 9.17) is 9.15 Å². The van der Waals surface area contributed by atoms with E-state index in [-0.39, 0.29) is 11.7 Å². The van der Waals surface area contributed by atoms with Crippen LogP contribution in [0.3, 0.4) is 0 Å². The van der Waals surface area contributed by atoms with E-state index in [9.17, 15) is 9.59 Å². The van der Waals surface area contributed by atoms with Gasteiger partial charge in [-0.15, -0.1) is 0 Å². The van der Waals surface area contributed by atoms with E-state index in [1.54, 1.807) is 14.0 Å². The zero-order chi connectivity index (χ0) is 20.5. The van der Waals surface area contributed by atoms with Gasteiger partial charge in [0.05, 0.1) is 7.11 Å². The molecule has 2 heterocycles. The van der Waals surface area contributed by atoms with Crippen molar-refractivity contribution in [3.63, 3.8) is 0 Å². The maximum Gasteiger partial charge on any atom is 0.290 e. The Morgan fingerprint density at radius 2 is 1.69 bits per heavy atom. The van der Waals surface area contributed by atoms with E-state index >= 15 is 0 Å². The number of carbonyl (C=O) groups is 2. The summed E-state index contributed by atoms with van der Waals surface area (Å²) in [6, 6.07) is 13.2. The van der Waals surface area contributed by atoms with E-state index in [2.05, 4.69) is 4.90 Å². The van der Waals surface area contributed by atoms with Crippen LogP contribution in [0.1, 0.15) is 33.4 Å². The Hall–Kier alpha value is -3.28. The molecule has 4 rings (SSSR count). The average molecular weight is 392 g/mol. The lowest BCUT2D eigenvalue weighted by atomic mass is 10.1. The van der Waals surface area contributed by atoms with Crippen LogP contribution < -0.4 is 9.64 Å². The van der Waals surface area contributed by atoms with Crippen molar-refractivity contribution >= 4 is 28.3 Å². The molecule has 0 aliphatic carbocycles. The molecule has 2 aromatic carbocycles. The summed E-state index contributed by atoms with van der Waals surface area (Å²) >= 11 is 0. The van der Waals surface area contributed by atoms with Gasteiger partial charge in [0.15, 0.2) is 11.5 Å². The van der Waals surface area contributed by atoms with Gasteiger partial charge in [-0.25, -0.2) is 0 Å². The van der Waals surface area contributed by atoms with Crippen molar-refractivity contribution in [2.75, 3.05) is 38.2 Å². The highest BCUT2D eigenvalue weighted by Gasteiger charge is 2.27. The van der Waals surface area contributed by atoms with Crippen molar-refractivity contribution < 1.29 is 18.7 Å². The molecule has 0 atom stereocenters. The fraction of sp³-hybridized carbons (Fsp3) is 0.304. The number of nitrogens with zero attached hydrogens (tertiary/aromatic N) is 2. The maximum atomic E-state index is 13.1. The normalized spacial score (nSPS) is 14.3. The number of carbonyl (C=O) groups excluding carboxylic acids is 2. The quantitative estimate of drug-likeness (QED) is 0.630. The van der Waals surface area contributed by atoms with Gasteiger partial charge in [0.1, 0.15) is 11.3 Å². The summed E-state index contributed by atoms with van der Waals surface area (Å²) in [5.41, 5.74) is 3.30. The molecule has 0 radical (unpaired) electrons. The SMILES string of the molecule is COc1ccc2oc(C(=O)N3CCN(c4ccc(C(C)=O)cc4)CC3)c(C)c2c1. The molecule has 1 aliphatic rings. The minimum absolute atomic E-state index is 0.0609. The first-order valence-electron chi connectivity index (χ1n) is 9.70. The lowest BCUT2D eigenvalue weighted by Gasteiger charge is -2.35. The molecule has 0 N–H and O–H groups in total. The highest BCUT2D eigenvalue weighted by Crippen LogP contribution is 2.30. The van der Waals surface area contributed by atoms with Crippen molar-refractivity contribution in [1.29, 1.82) is 0 Å². The minimum atomic E-state index is -0.0794. The van der Waals surface area contributed by atoms with E-state index < -0.39 is 0 Å². The van der Waals surface area contributed by atoms with Crippen LogP contribution in [0.2, 0.25) is 0 Å². The molecule has 1 aliphatic heterocycles. The van der Waals surface area contributed by atoms with Crippen LogP contribution in [0.5, 0.6) is 5.75 Å². The number of furan rings is 1. The molecular formula is C23H24N2O4. The first-order chi connectivity index (χ1) is 14.0. The molecule has 1 amide bonds. The Balaban J connectivity index is 1.47. The van der Waals surface area contributed by atoms with Crippen LogP contribution in [0, 0.1) is 6.92 Å². The summed E-state index contributed by atoms with van der Waals surface area (Å²) in [6.07, 6.45) is 0. The molecule has 1 aromatic heterocycles. The van der Waals surface area contributed by atoms with Crippen LogP contribution in [0.25, 0.3) is 11.0 Å². The van der Waals surface area contributed by atoms with Crippen molar-refractivity contribution in [2.45, 2.75) is 13.8 Å². The summed E-state index contributed by atoms with van der Waals surface area (Å²) in [7, 11) is 1.62. The Morgan fingerprint density at radius 1 is 1.00 bits per heavy atom. The maximum absolute atomic E-state index is 13.1. The number of anilines is 1. The van der Waals surface area contributed by atoms with Gasteiger partial charge in [0.25, 0.3) is 5.91 Å². The molecule has 0 unspecified atom stereocenters. The molecule has 0 bridgehead atoms. The molecular weight excluding hydrogens is 368 g/mol. The molecule has 29 heavy (non-hydrogen) atoms. The summed E-state index contributed by atoms with van der Waals surface area (Å²) < 4.78 is 11.1. The van der Waals surface area contributed by atoms with Gasteiger partial charge in [-0.05, 0) is 56.3 Å². The van der Waals surface area contributed by atoms with Crippen molar-refractivity contribution in [1.82, 2.24) is 4.90 Å². The molecule has 3 aromatic rings. The third kappa shape index (κ3) is 3.58. The summed E-state index contributed by atoms with van der Waals surface area (Å²) in [4.78, 5) is 28.6. The van der Waals surface area contributed by atoms with Gasteiger partial charge in [-0.3, -0.25) is 9.59 Å². The molecule has 0 saturated carbocycles. The van der Waals surface area contributed by atoms with Crippen LogP contribution in [-0.2, 0) is 0 Å². The second-order valence-electron chi connectivity index (χ2n) is 7.30. The smallest absolute Gasteiger partial charge is 0.290 e. The topological polar surface area (TPSA) is 63.0 Å². The third-order valence-electron chi connectivity index (χ3n) is 5.54. The summed E-state index contributed by atoms with van der Waals surface area (Å²) in [5.74, 6) is 1.12. The molecule has 1 fully saturated rings. The van der Waals surface area contributed by atoms with E-state index in [0.717, 1.165) is 35.5 Å². The lowest BCUT2D eigenvalue weighted by Crippen LogP contribution is -2.48. The molecule has 6 nitrogen and oxygen atoms in total. The predicted octanol–water partition coefficient (Wildman–Crippen LogP) is 3.91. The van der Waals surface area contributed by atoms with Crippen molar-refractivity contribution in [3.05, 3.63) is 59.4 Å². The molecule has 6 heteroatoms. The molecule has 1 saturated heterocycles. The van der Waals surface area contributed by atoms with E-state index in [1.807, 2.05) is 54.3 Å². The predicted molar refractivity (Wildman–Crippen MR) is 112 cm³/mol. The number of methoxy groups -OCH3 is 1. The number of fused-ring (bicyclic) bond motifs is 1. The highest BCUT2D eigenvalue weighted by molar-refractivity contribution is 5.99. The monoisotopic (exact) mass is 392 g/mol. The average Bonchev–Trinajstić information content (AvgIpc) is 3.09. The fourth-order valence-corrected chi connectivity index (χ4v) is 3.75. The number of hydrogen-bond acceptors (Lipinski definition) is 5. The van der Waals surface area contributed by atoms with Gasteiger partial charge >= 0.3 is 0 Å². The van der Waals surface area contributed by atoms with Crippen LogP contribution >= 0.6 is 0 Å². The number of ether oxygens (including phenoxy) is 1. The Kier molecular flexibility index (Phi) is 5.01. The fourth-order valence-electron chi connectivity index (χ4n) is 3.75. The van der Waals surface area contributed by atoms with Crippen LogP contribution in [-0.4, -0.2) is 49.9 Å². The van der Waals surface area contributed by atoms with Crippen LogP contribution in [0.4, 0.5) is 5.69 Å². The van der Waals surface area contributed by atoms with E-state index in [1.165, 1.54) is 0 Å². The third-order valence-corrected chi connectivity index (χ3v) is 5.54. The first-order valence-corrected chi connectivity index (χ1v) is 9.70.